The molecule has 2 aromatic heterocycles. The van der Waals surface area contributed by atoms with Gasteiger partial charge in [-0.15, -0.1) is 0 Å². The molecule has 0 saturated heterocycles. The number of amides is 1. The molecule has 1 amide bonds. The molecular weight excluding hydrogens is 330 g/mol. The van der Waals surface area contributed by atoms with Crippen molar-refractivity contribution < 1.29 is 4.79 Å². The van der Waals surface area contributed by atoms with Crippen LogP contribution in [0.2, 0.25) is 5.02 Å². The van der Waals surface area contributed by atoms with Crippen molar-refractivity contribution in [3.8, 4) is 0 Å². The second-order valence-corrected chi connectivity index (χ2v) is 5.94. The van der Waals surface area contributed by atoms with Crippen molar-refractivity contribution in [1.29, 1.82) is 0 Å². The van der Waals surface area contributed by atoms with E-state index in [4.69, 9.17) is 11.6 Å². The van der Waals surface area contributed by atoms with Crippen molar-refractivity contribution in [2.45, 2.75) is 19.9 Å². The number of fused-ring (bicyclic) bond motifs is 1. The van der Waals surface area contributed by atoms with Crippen LogP contribution in [0.15, 0.2) is 35.5 Å². The second kappa shape index (κ2) is 6.45. The summed E-state index contributed by atoms with van der Waals surface area (Å²) in [5.74, 6) is -0.223. The number of nitrogens with one attached hydrogen (secondary N) is 1. The largest absolute Gasteiger partial charge is 0.325 e. The fourth-order valence-corrected chi connectivity index (χ4v) is 2.66. The van der Waals surface area contributed by atoms with Crippen LogP contribution in [0.3, 0.4) is 0 Å². The molecule has 0 saturated carbocycles. The molecular formula is C16H16ClN5O2. The van der Waals surface area contributed by atoms with Gasteiger partial charge in [0.25, 0.3) is 5.56 Å². The first-order valence-corrected chi connectivity index (χ1v) is 7.76. The van der Waals surface area contributed by atoms with Crippen molar-refractivity contribution in [2.75, 3.05) is 5.32 Å². The molecule has 2 heterocycles. The Bertz CT molecular complexity index is 976. The number of halogens is 1. The van der Waals surface area contributed by atoms with Gasteiger partial charge in [0.05, 0.1) is 23.2 Å². The molecule has 124 valence electrons. The van der Waals surface area contributed by atoms with Gasteiger partial charge in [-0.1, -0.05) is 17.7 Å². The zero-order chi connectivity index (χ0) is 17.3. The van der Waals surface area contributed by atoms with Crippen molar-refractivity contribution in [1.82, 2.24) is 19.3 Å². The molecule has 0 fully saturated rings. The summed E-state index contributed by atoms with van der Waals surface area (Å²) in [5, 5.41) is 7.68. The Morgan fingerprint density at radius 1 is 1.38 bits per heavy atom. The summed E-state index contributed by atoms with van der Waals surface area (Å²) < 4.78 is 2.94. The molecule has 1 N–H and O–H groups in total. The zero-order valence-corrected chi connectivity index (χ0v) is 14.0. The molecule has 1 aromatic carbocycles. The van der Waals surface area contributed by atoms with Crippen LogP contribution in [0.25, 0.3) is 11.0 Å². The van der Waals surface area contributed by atoms with E-state index in [1.165, 1.54) is 21.8 Å². The third-order valence-corrected chi connectivity index (χ3v) is 4.01. The summed E-state index contributed by atoms with van der Waals surface area (Å²) in [6.07, 6.45) is 3.04. The maximum absolute atomic E-state index is 12.3. The first-order valence-electron chi connectivity index (χ1n) is 7.39. The molecule has 0 atom stereocenters. The van der Waals surface area contributed by atoms with Crippen LogP contribution < -0.4 is 10.9 Å². The average molecular weight is 346 g/mol. The number of hydrogen-bond acceptors (Lipinski definition) is 4. The third kappa shape index (κ3) is 3.16. The standard InChI is InChI=1S/C16H16ClN5O2/c1-10-3-4-13(12(17)7-10)20-14(23)5-6-22-9-18-15-11(16(22)24)8-19-21(15)2/h3-4,7-9H,5-6H2,1-2H3,(H,20,23). The fraction of sp³-hybridized carbons (Fsp3) is 0.250. The lowest BCUT2D eigenvalue weighted by Crippen LogP contribution is -2.23. The highest BCUT2D eigenvalue weighted by molar-refractivity contribution is 6.33. The maximum Gasteiger partial charge on any atom is 0.264 e. The monoisotopic (exact) mass is 345 g/mol. The molecule has 0 aliphatic carbocycles. The lowest BCUT2D eigenvalue weighted by molar-refractivity contribution is -0.116. The quantitative estimate of drug-likeness (QED) is 0.785. The molecule has 3 rings (SSSR count). The van der Waals surface area contributed by atoms with E-state index in [1.54, 1.807) is 19.2 Å². The molecule has 0 bridgehead atoms. The van der Waals surface area contributed by atoms with Gasteiger partial charge >= 0.3 is 0 Å². The van der Waals surface area contributed by atoms with Crippen LogP contribution in [0.5, 0.6) is 0 Å². The van der Waals surface area contributed by atoms with Gasteiger partial charge in [-0.3, -0.25) is 18.8 Å². The zero-order valence-electron chi connectivity index (χ0n) is 13.3. The number of carbonyl (C=O) groups is 1. The minimum absolute atomic E-state index is 0.136. The molecule has 7 nitrogen and oxygen atoms in total. The fourth-order valence-electron chi connectivity index (χ4n) is 2.38. The van der Waals surface area contributed by atoms with Crippen LogP contribution in [-0.4, -0.2) is 25.2 Å². The highest BCUT2D eigenvalue weighted by Crippen LogP contribution is 2.22. The highest BCUT2D eigenvalue weighted by atomic mass is 35.5. The van der Waals surface area contributed by atoms with Crippen LogP contribution in [-0.2, 0) is 18.4 Å². The van der Waals surface area contributed by atoms with E-state index in [2.05, 4.69) is 15.4 Å². The summed E-state index contributed by atoms with van der Waals surface area (Å²) in [6, 6.07) is 5.40. The number of rotatable bonds is 4. The Morgan fingerprint density at radius 3 is 2.92 bits per heavy atom. The topological polar surface area (TPSA) is 81.8 Å². The summed E-state index contributed by atoms with van der Waals surface area (Å²) >= 11 is 6.09. The molecule has 0 aliphatic heterocycles. The van der Waals surface area contributed by atoms with E-state index in [1.807, 2.05) is 13.0 Å². The summed E-state index contributed by atoms with van der Waals surface area (Å²) in [7, 11) is 1.72. The SMILES string of the molecule is Cc1ccc(NC(=O)CCn2cnc3c(cnn3C)c2=O)c(Cl)c1. The van der Waals surface area contributed by atoms with E-state index < -0.39 is 0 Å². The molecule has 0 spiro atoms. The molecule has 3 aromatic rings. The number of nitrogens with zero attached hydrogens (tertiary/aromatic N) is 4. The minimum atomic E-state index is -0.223. The average Bonchev–Trinajstić information content (AvgIpc) is 2.92. The highest BCUT2D eigenvalue weighted by Gasteiger charge is 2.10. The predicted molar refractivity (Wildman–Crippen MR) is 92.2 cm³/mol. The molecule has 0 unspecified atom stereocenters. The number of aromatic nitrogens is 4. The summed E-state index contributed by atoms with van der Waals surface area (Å²) in [6.45, 7) is 2.15. The van der Waals surface area contributed by atoms with Crippen LogP contribution in [0, 0.1) is 6.92 Å². The first kappa shape index (κ1) is 16.2. The molecule has 0 aliphatic rings. The van der Waals surface area contributed by atoms with Crippen molar-refractivity contribution >= 4 is 34.2 Å². The third-order valence-electron chi connectivity index (χ3n) is 3.70. The first-order chi connectivity index (χ1) is 11.5. The second-order valence-electron chi connectivity index (χ2n) is 5.53. The van der Waals surface area contributed by atoms with Gasteiger partial charge in [0.1, 0.15) is 5.39 Å². The lowest BCUT2D eigenvalue weighted by Gasteiger charge is -2.09. The van der Waals surface area contributed by atoms with Gasteiger partial charge in [-0.25, -0.2) is 4.98 Å². The molecule has 0 radical (unpaired) electrons. The van der Waals surface area contributed by atoms with Gasteiger partial charge in [-0.05, 0) is 24.6 Å². The van der Waals surface area contributed by atoms with Gasteiger partial charge in [0, 0.05) is 20.0 Å². The summed E-state index contributed by atoms with van der Waals surface area (Å²) in [5.41, 5.74) is 1.88. The minimum Gasteiger partial charge on any atom is -0.325 e. The predicted octanol–water partition coefficient (Wildman–Crippen LogP) is 2.12. The molecule has 24 heavy (non-hydrogen) atoms. The number of hydrogen-bond donors (Lipinski definition) is 1. The van der Waals surface area contributed by atoms with Gasteiger partial charge < -0.3 is 5.32 Å². The Balaban J connectivity index is 1.70. The number of carbonyl (C=O) groups excluding carboxylic acids is 1. The van der Waals surface area contributed by atoms with Crippen molar-refractivity contribution in [3.05, 3.63) is 51.7 Å². The Hall–Kier alpha value is -2.67. The van der Waals surface area contributed by atoms with Gasteiger partial charge in [0.2, 0.25) is 5.91 Å². The molecule has 8 heteroatoms. The normalized spacial score (nSPS) is 11.0. The van der Waals surface area contributed by atoms with E-state index in [0.29, 0.717) is 21.7 Å². The number of anilines is 1. The Kier molecular flexibility index (Phi) is 4.35. The van der Waals surface area contributed by atoms with Gasteiger partial charge in [-0.2, -0.15) is 5.10 Å². The number of aryl methyl sites for hydroxylation is 3. The maximum atomic E-state index is 12.3. The van der Waals surface area contributed by atoms with Crippen LogP contribution in [0.1, 0.15) is 12.0 Å². The van der Waals surface area contributed by atoms with E-state index >= 15 is 0 Å². The van der Waals surface area contributed by atoms with E-state index in [9.17, 15) is 9.59 Å². The summed E-state index contributed by atoms with van der Waals surface area (Å²) in [4.78, 5) is 28.6. The lowest BCUT2D eigenvalue weighted by atomic mass is 10.2. The smallest absolute Gasteiger partial charge is 0.264 e. The van der Waals surface area contributed by atoms with Gasteiger partial charge in [0.15, 0.2) is 5.65 Å². The van der Waals surface area contributed by atoms with Crippen LogP contribution in [0.4, 0.5) is 5.69 Å². The van der Waals surface area contributed by atoms with Crippen molar-refractivity contribution in [3.63, 3.8) is 0 Å². The Morgan fingerprint density at radius 2 is 2.17 bits per heavy atom. The number of benzene rings is 1. The Labute approximate surface area is 142 Å². The van der Waals surface area contributed by atoms with Crippen molar-refractivity contribution in [2.24, 2.45) is 7.05 Å². The van der Waals surface area contributed by atoms with E-state index in [0.717, 1.165) is 5.56 Å². The van der Waals surface area contributed by atoms with Crippen LogP contribution >= 0.6 is 11.6 Å². The van der Waals surface area contributed by atoms with E-state index in [-0.39, 0.29) is 24.4 Å².